The van der Waals surface area contributed by atoms with Crippen molar-refractivity contribution in [3.63, 3.8) is 0 Å². The summed E-state index contributed by atoms with van der Waals surface area (Å²) in [6.45, 7) is 0. The smallest absolute Gasteiger partial charge is 0.140 e. The molecule has 1 heterocycles. The molecule has 1 aromatic carbocycles. The van der Waals surface area contributed by atoms with Crippen LogP contribution in [0.5, 0.6) is 0 Å². The van der Waals surface area contributed by atoms with E-state index in [1.165, 1.54) is 18.4 Å². The summed E-state index contributed by atoms with van der Waals surface area (Å²) < 4.78 is 1.84. The van der Waals surface area contributed by atoms with Crippen LogP contribution in [-0.4, -0.2) is 9.78 Å². The number of nitrogens with zero attached hydrogens (tertiary/aromatic N) is 3. The molecule has 1 aromatic heterocycles. The highest BCUT2D eigenvalue weighted by Crippen LogP contribution is 2.39. The Kier molecular flexibility index (Phi) is 3.42. The lowest BCUT2D eigenvalue weighted by atomic mass is 9.81. The van der Waals surface area contributed by atoms with Crippen molar-refractivity contribution < 1.29 is 0 Å². The predicted molar refractivity (Wildman–Crippen MR) is 78.0 cm³/mol. The number of benzene rings is 1. The van der Waals surface area contributed by atoms with Gasteiger partial charge in [-0.3, -0.25) is 0 Å². The first kappa shape index (κ1) is 12.7. The van der Waals surface area contributed by atoms with E-state index >= 15 is 0 Å². The van der Waals surface area contributed by atoms with Crippen LogP contribution in [0.25, 0.3) is 0 Å². The molecule has 2 N–H and O–H groups in total. The van der Waals surface area contributed by atoms with Crippen LogP contribution >= 0.6 is 0 Å². The SMILES string of the molecule is N#Cc1cnn(C2CCCC(c3ccccc3)C2)c1N. The number of hydrogen-bond acceptors (Lipinski definition) is 3. The van der Waals surface area contributed by atoms with Gasteiger partial charge in [0.05, 0.1) is 12.2 Å². The molecule has 0 radical (unpaired) electrons. The van der Waals surface area contributed by atoms with Gasteiger partial charge in [-0.15, -0.1) is 0 Å². The Morgan fingerprint density at radius 1 is 1.25 bits per heavy atom. The molecule has 1 saturated carbocycles. The third kappa shape index (κ3) is 2.27. The standard InChI is InChI=1S/C16H18N4/c17-10-14-11-19-20(16(14)18)15-8-4-7-13(9-15)12-5-2-1-3-6-12/h1-3,5-6,11,13,15H,4,7-9,18H2. The summed E-state index contributed by atoms with van der Waals surface area (Å²) >= 11 is 0. The van der Waals surface area contributed by atoms with E-state index in [9.17, 15) is 0 Å². The Bertz CT molecular complexity index is 624. The molecule has 0 amide bonds. The number of rotatable bonds is 2. The van der Waals surface area contributed by atoms with Gasteiger partial charge in [-0.2, -0.15) is 10.4 Å². The van der Waals surface area contributed by atoms with Crippen molar-refractivity contribution in [3.8, 4) is 6.07 Å². The highest BCUT2D eigenvalue weighted by atomic mass is 15.3. The average molecular weight is 266 g/mol. The van der Waals surface area contributed by atoms with Gasteiger partial charge in [0.25, 0.3) is 0 Å². The van der Waals surface area contributed by atoms with Crippen LogP contribution in [0.3, 0.4) is 0 Å². The lowest BCUT2D eigenvalue weighted by Crippen LogP contribution is -2.20. The van der Waals surface area contributed by atoms with Gasteiger partial charge >= 0.3 is 0 Å². The van der Waals surface area contributed by atoms with E-state index in [4.69, 9.17) is 11.0 Å². The zero-order chi connectivity index (χ0) is 13.9. The fourth-order valence-electron chi connectivity index (χ4n) is 3.16. The van der Waals surface area contributed by atoms with Gasteiger partial charge in [-0.1, -0.05) is 36.8 Å². The second-order valence-electron chi connectivity index (χ2n) is 5.43. The third-order valence-corrected chi connectivity index (χ3v) is 4.22. The van der Waals surface area contributed by atoms with E-state index < -0.39 is 0 Å². The number of anilines is 1. The van der Waals surface area contributed by atoms with Crippen LogP contribution in [0.15, 0.2) is 36.5 Å². The molecule has 102 valence electrons. The summed E-state index contributed by atoms with van der Waals surface area (Å²) in [5.74, 6) is 1.07. The minimum absolute atomic E-state index is 0.302. The van der Waals surface area contributed by atoms with E-state index in [1.807, 2.05) is 4.68 Å². The second-order valence-corrected chi connectivity index (χ2v) is 5.43. The van der Waals surface area contributed by atoms with E-state index in [-0.39, 0.29) is 0 Å². The number of nitrogen functional groups attached to an aromatic ring is 1. The fraction of sp³-hybridized carbons (Fsp3) is 0.375. The normalized spacial score (nSPS) is 22.4. The summed E-state index contributed by atoms with van der Waals surface area (Å²) in [4.78, 5) is 0. The predicted octanol–water partition coefficient (Wildman–Crippen LogP) is 3.24. The Balaban J connectivity index is 1.82. The molecule has 1 fully saturated rings. The number of aromatic nitrogens is 2. The van der Waals surface area contributed by atoms with Crippen molar-refractivity contribution in [1.29, 1.82) is 5.26 Å². The largest absolute Gasteiger partial charge is 0.383 e. The molecular formula is C16H18N4. The minimum Gasteiger partial charge on any atom is -0.383 e. The maximum atomic E-state index is 8.98. The number of nitriles is 1. The van der Waals surface area contributed by atoms with Crippen LogP contribution in [-0.2, 0) is 0 Å². The lowest BCUT2D eigenvalue weighted by Gasteiger charge is -2.30. The van der Waals surface area contributed by atoms with Crippen LogP contribution in [0.1, 0.15) is 48.8 Å². The van der Waals surface area contributed by atoms with Crippen molar-refractivity contribution in [2.75, 3.05) is 5.73 Å². The molecule has 4 nitrogen and oxygen atoms in total. The highest BCUT2D eigenvalue weighted by molar-refractivity contribution is 5.47. The van der Waals surface area contributed by atoms with Crippen LogP contribution in [0, 0.1) is 11.3 Å². The molecule has 1 aliphatic carbocycles. The summed E-state index contributed by atoms with van der Waals surface area (Å²) in [5, 5.41) is 13.3. The molecule has 3 rings (SSSR count). The Hall–Kier alpha value is -2.28. The first-order valence-corrected chi connectivity index (χ1v) is 7.07. The van der Waals surface area contributed by atoms with Crippen molar-refractivity contribution in [2.24, 2.45) is 0 Å². The molecule has 0 aliphatic heterocycles. The number of nitrogens with two attached hydrogens (primary N) is 1. The van der Waals surface area contributed by atoms with Crippen molar-refractivity contribution in [3.05, 3.63) is 47.7 Å². The van der Waals surface area contributed by atoms with Crippen molar-refractivity contribution in [2.45, 2.75) is 37.6 Å². The van der Waals surface area contributed by atoms with Crippen LogP contribution < -0.4 is 5.73 Å². The molecule has 20 heavy (non-hydrogen) atoms. The van der Waals surface area contributed by atoms with Crippen LogP contribution in [0.2, 0.25) is 0 Å². The molecular weight excluding hydrogens is 248 g/mol. The Labute approximate surface area is 118 Å². The fourth-order valence-corrected chi connectivity index (χ4v) is 3.16. The summed E-state index contributed by atoms with van der Waals surface area (Å²) in [6, 6.07) is 13.0. The quantitative estimate of drug-likeness (QED) is 0.907. The highest BCUT2D eigenvalue weighted by Gasteiger charge is 2.26. The molecule has 0 spiro atoms. The average Bonchev–Trinajstić information content (AvgIpc) is 2.89. The van der Waals surface area contributed by atoms with E-state index in [2.05, 4.69) is 41.5 Å². The zero-order valence-corrected chi connectivity index (χ0v) is 11.4. The molecule has 4 heteroatoms. The van der Waals surface area contributed by atoms with E-state index in [0.29, 0.717) is 23.3 Å². The van der Waals surface area contributed by atoms with Gasteiger partial charge in [0.2, 0.25) is 0 Å². The number of hydrogen-bond donors (Lipinski definition) is 1. The molecule has 2 unspecified atom stereocenters. The molecule has 0 bridgehead atoms. The maximum absolute atomic E-state index is 8.98. The van der Waals surface area contributed by atoms with Gasteiger partial charge in [0, 0.05) is 0 Å². The molecule has 2 atom stereocenters. The Morgan fingerprint density at radius 2 is 2.05 bits per heavy atom. The molecule has 1 aliphatic rings. The molecule has 2 aromatic rings. The Morgan fingerprint density at radius 3 is 2.75 bits per heavy atom. The van der Waals surface area contributed by atoms with Gasteiger partial charge in [-0.05, 0) is 30.7 Å². The van der Waals surface area contributed by atoms with E-state index in [1.54, 1.807) is 6.20 Å². The zero-order valence-electron chi connectivity index (χ0n) is 11.4. The lowest BCUT2D eigenvalue weighted by molar-refractivity contribution is 0.303. The van der Waals surface area contributed by atoms with Gasteiger partial charge in [0.15, 0.2) is 0 Å². The maximum Gasteiger partial charge on any atom is 0.140 e. The summed E-state index contributed by atoms with van der Waals surface area (Å²) in [5.41, 5.74) is 7.88. The monoisotopic (exact) mass is 266 g/mol. The first-order chi connectivity index (χ1) is 9.79. The first-order valence-electron chi connectivity index (χ1n) is 7.07. The van der Waals surface area contributed by atoms with Crippen molar-refractivity contribution in [1.82, 2.24) is 9.78 Å². The summed E-state index contributed by atoms with van der Waals surface area (Å²) in [6.07, 6.45) is 6.08. The third-order valence-electron chi connectivity index (χ3n) is 4.22. The van der Waals surface area contributed by atoms with Gasteiger partial charge in [-0.25, -0.2) is 4.68 Å². The van der Waals surface area contributed by atoms with Gasteiger partial charge < -0.3 is 5.73 Å². The minimum atomic E-state index is 0.302. The second kappa shape index (κ2) is 5.38. The van der Waals surface area contributed by atoms with Gasteiger partial charge in [0.1, 0.15) is 17.5 Å². The van der Waals surface area contributed by atoms with Crippen LogP contribution in [0.4, 0.5) is 5.82 Å². The molecule has 0 saturated heterocycles. The topological polar surface area (TPSA) is 67.6 Å². The summed E-state index contributed by atoms with van der Waals surface area (Å²) in [7, 11) is 0. The van der Waals surface area contributed by atoms with E-state index in [0.717, 1.165) is 12.8 Å². The van der Waals surface area contributed by atoms with Crippen molar-refractivity contribution >= 4 is 5.82 Å².